The second-order valence-corrected chi connectivity index (χ2v) is 5.87. The fourth-order valence-corrected chi connectivity index (χ4v) is 2.80. The fourth-order valence-electron chi connectivity index (χ4n) is 2.80. The normalized spacial score (nSPS) is 14.0. The Morgan fingerprint density at radius 1 is 1.15 bits per heavy atom. The number of hydrogen-bond donors (Lipinski definition) is 1. The number of carbonyl (C=O) groups is 1. The third-order valence-electron chi connectivity index (χ3n) is 4.11. The minimum atomic E-state index is -0.271. The molecule has 27 heavy (non-hydrogen) atoms. The van der Waals surface area contributed by atoms with Gasteiger partial charge in [0, 0.05) is 26.2 Å². The van der Waals surface area contributed by atoms with Crippen LogP contribution >= 0.6 is 0 Å². The number of nitrogens with zero attached hydrogens (tertiary/aromatic N) is 5. The van der Waals surface area contributed by atoms with Crippen LogP contribution in [0.1, 0.15) is 13.8 Å². The summed E-state index contributed by atoms with van der Waals surface area (Å²) in [4.78, 5) is 20.1. The molecule has 0 bridgehead atoms. The first-order chi connectivity index (χ1) is 13.2. The summed E-state index contributed by atoms with van der Waals surface area (Å²) in [5.41, 5.74) is 0.783. The Hall–Kier alpha value is -3.10. The molecule has 0 aliphatic carbocycles. The van der Waals surface area contributed by atoms with Gasteiger partial charge in [0.15, 0.2) is 5.82 Å². The van der Waals surface area contributed by atoms with E-state index >= 15 is 0 Å². The molecule has 0 unspecified atom stereocenters. The average Bonchev–Trinajstić information content (AvgIpc) is 2.70. The molecule has 2 aromatic rings. The maximum atomic E-state index is 11.8. The molecule has 1 fully saturated rings. The Balaban J connectivity index is 1.66. The van der Waals surface area contributed by atoms with Crippen LogP contribution in [0, 0.1) is 0 Å². The van der Waals surface area contributed by atoms with E-state index < -0.39 is 0 Å². The molecule has 3 rings (SSSR count). The van der Waals surface area contributed by atoms with Crippen molar-refractivity contribution < 1.29 is 14.3 Å². The number of carbonyl (C=O) groups excluding carboxylic acids is 1. The number of para-hydroxylation sites is 2. The first-order valence-corrected chi connectivity index (χ1v) is 9.06. The third kappa shape index (κ3) is 4.75. The van der Waals surface area contributed by atoms with Crippen molar-refractivity contribution in [3.05, 3.63) is 30.5 Å². The van der Waals surface area contributed by atoms with Gasteiger partial charge in [-0.3, -0.25) is 0 Å². The van der Waals surface area contributed by atoms with Crippen molar-refractivity contribution in [2.45, 2.75) is 13.8 Å². The number of anilines is 3. The Labute approximate surface area is 158 Å². The number of piperazine rings is 1. The second-order valence-electron chi connectivity index (χ2n) is 5.87. The van der Waals surface area contributed by atoms with Crippen LogP contribution in [-0.4, -0.2) is 65.6 Å². The SMILES string of the molecule is CCOC(=O)N1CCN(c2cnnc(Nc3ccccc3OCC)n2)CC1. The lowest BCUT2D eigenvalue weighted by molar-refractivity contribution is 0.105. The summed E-state index contributed by atoms with van der Waals surface area (Å²) < 4.78 is 10.7. The largest absolute Gasteiger partial charge is 0.492 e. The van der Waals surface area contributed by atoms with Gasteiger partial charge in [0.2, 0.25) is 5.95 Å². The molecule has 1 saturated heterocycles. The molecular weight excluding hydrogens is 348 g/mol. The Kier molecular flexibility index (Phi) is 6.24. The van der Waals surface area contributed by atoms with Crippen LogP contribution in [0.25, 0.3) is 0 Å². The molecule has 1 aromatic heterocycles. The van der Waals surface area contributed by atoms with Crippen molar-refractivity contribution in [2.24, 2.45) is 0 Å². The topological polar surface area (TPSA) is 92.7 Å². The minimum Gasteiger partial charge on any atom is -0.492 e. The molecule has 0 radical (unpaired) electrons. The van der Waals surface area contributed by atoms with Gasteiger partial charge in [-0.05, 0) is 26.0 Å². The predicted molar refractivity (Wildman–Crippen MR) is 102 cm³/mol. The molecule has 1 aliphatic heterocycles. The van der Waals surface area contributed by atoms with E-state index in [1.807, 2.05) is 31.2 Å². The van der Waals surface area contributed by atoms with E-state index in [9.17, 15) is 4.79 Å². The molecule has 9 heteroatoms. The summed E-state index contributed by atoms with van der Waals surface area (Å²) in [6, 6.07) is 7.61. The zero-order chi connectivity index (χ0) is 19.1. The zero-order valence-corrected chi connectivity index (χ0v) is 15.6. The summed E-state index contributed by atoms with van der Waals surface area (Å²) >= 11 is 0. The average molecular weight is 372 g/mol. The summed E-state index contributed by atoms with van der Waals surface area (Å²) in [5, 5.41) is 11.3. The molecule has 0 saturated carbocycles. The monoisotopic (exact) mass is 372 g/mol. The predicted octanol–water partition coefficient (Wildman–Crippen LogP) is 2.29. The highest BCUT2D eigenvalue weighted by molar-refractivity contribution is 5.68. The van der Waals surface area contributed by atoms with Crippen LogP contribution in [0.2, 0.25) is 0 Å². The van der Waals surface area contributed by atoms with E-state index in [0.29, 0.717) is 51.2 Å². The zero-order valence-electron chi connectivity index (χ0n) is 15.6. The fraction of sp³-hybridized carbons (Fsp3) is 0.444. The minimum absolute atomic E-state index is 0.271. The highest BCUT2D eigenvalue weighted by Gasteiger charge is 2.23. The Morgan fingerprint density at radius 2 is 1.93 bits per heavy atom. The molecule has 0 atom stereocenters. The van der Waals surface area contributed by atoms with Gasteiger partial charge in [-0.2, -0.15) is 10.1 Å². The molecule has 1 aromatic carbocycles. The van der Waals surface area contributed by atoms with E-state index in [1.165, 1.54) is 0 Å². The Bertz CT molecular complexity index is 764. The van der Waals surface area contributed by atoms with E-state index in [1.54, 1.807) is 18.0 Å². The van der Waals surface area contributed by atoms with Crippen LogP contribution in [0.4, 0.5) is 22.2 Å². The quantitative estimate of drug-likeness (QED) is 0.826. The van der Waals surface area contributed by atoms with Crippen molar-refractivity contribution >= 4 is 23.5 Å². The number of rotatable bonds is 6. The van der Waals surface area contributed by atoms with E-state index in [4.69, 9.17) is 9.47 Å². The lowest BCUT2D eigenvalue weighted by Gasteiger charge is -2.34. The van der Waals surface area contributed by atoms with Crippen molar-refractivity contribution in [1.82, 2.24) is 20.1 Å². The molecule has 2 heterocycles. The number of benzene rings is 1. The van der Waals surface area contributed by atoms with Crippen LogP contribution in [0.3, 0.4) is 0 Å². The molecule has 1 N–H and O–H groups in total. The van der Waals surface area contributed by atoms with E-state index in [-0.39, 0.29) is 6.09 Å². The summed E-state index contributed by atoms with van der Waals surface area (Å²) in [5.74, 6) is 1.84. The summed E-state index contributed by atoms with van der Waals surface area (Å²) in [6.07, 6.45) is 1.35. The number of amides is 1. The number of nitrogens with one attached hydrogen (secondary N) is 1. The standard InChI is InChI=1S/C18H24N6O3/c1-3-26-15-8-6-5-7-14(15)20-17-21-16(13-19-22-17)23-9-11-24(12-10-23)18(25)27-4-2/h5-8,13H,3-4,9-12H2,1-2H3,(H,20,21,22). The van der Waals surface area contributed by atoms with Crippen molar-refractivity contribution in [2.75, 3.05) is 49.6 Å². The third-order valence-corrected chi connectivity index (χ3v) is 4.11. The van der Waals surface area contributed by atoms with Gasteiger partial charge in [-0.1, -0.05) is 12.1 Å². The molecule has 1 aliphatic rings. The highest BCUT2D eigenvalue weighted by Crippen LogP contribution is 2.26. The lowest BCUT2D eigenvalue weighted by Crippen LogP contribution is -2.49. The van der Waals surface area contributed by atoms with Crippen LogP contribution in [-0.2, 0) is 4.74 Å². The number of ether oxygens (including phenoxy) is 2. The number of hydrogen-bond acceptors (Lipinski definition) is 8. The van der Waals surface area contributed by atoms with Gasteiger partial charge in [0.05, 0.1) is 25.1 Å². The van der Waals surface area contributed by atoms with Gasteiger partial charge in [-0.25, -0.2) is 4.79 Å². The molecule has 144 valence electrons. The number of aromatic nitrogens is 3. The van der Waals surface area contributed by atoms with Crippen molar-refractivity contribution in [3.8, 4) is 5.75 Å². The lowest BCUT2D eigenvalue weighted by atomic mass is 10.3. The summed E-state index contributed by atoms with van der Waals surface area (Å²) in [6.45, 7) is 7.18. The van der Waals surface area contributed by atoms with Gasteiger partial charge < -0.3 is 24.6 Å². The van der Waals surface area contributed by atoms with E-state index in [2.05, 4.69) is 25.4 Å². The highest BCUT2D eigenvalue weighted by atomic mass is 16.6. The van der Waals surface area contributed by atoms with Crippen LogP contribution < -0.4 is 15.0 Å². The van der Waals surface area contributed by atoms with Gasteiger partial charge in [-0.15, -0.1) is 5.10 Å². The molecule has 1 amide bonds. The molecule has 0 spiro atoms. The van der Waals surface area contributed by atoms with Crippen LogP contribution in [0.5, 0.6) is 5.75 Å². The van der Waals surface area contributed by atoms with Gasteiger partial charge >= 0.3 is 6.09 Å². The molecule has 9 nitrogen and oxygen atoms in total. The second kappa shape index (κ2) is 9.02. The maximum absolute atomic E-state index is 11.8. The first-order valence-electron chi connectivity index (χ1n) is 9.06. The summed E-state index contributed by atoms with van der Waals surface area (Å²) in [7, 11) is 0. The van der Waals surface area contributed by atoms with Gasteiger partial charge in [0.25, 0.3) is 0 Å². The van der Waals surface area contributed by atoms with Gasteiger partial charge in [0.1, 0.15) is 5.75 Å². The van der Waals surface area contributed by atoms with E-state index in [0.717, 1.165) is 11.4 Å². The van der Waals surface area contributed by atoms with Crippen molar-refractivity contribution in [3.63, 3.8) is 0 Å². The van der Waals surface area contributed by atoms with Crippen LogP contribution in [0.15, 0.2) is 30.5 Å². The Morgan fingerprint density at radius 3 is 2.67 bits per heavy atom. The molecular formula is C18H24N6O3. The first kappa shape index (κ1) is 18.7. The van der Waals surface area contributed by atoms with Crippen molar-refractivity contribution in [1.29, 1.82) is 0 Å². The smallest absolute Gasteiger partial charge is 0.409 e. The maximum Gasteiger partial charge on any atom is 0.409 e.